The molecule has 0 atom stereocenters. The molecule has 6 nitrogen and oxygen atoms in total. The van der Waals surface area contributed by atoms with E-state index in [1.807, 2.05) is 17.1 Å². The van der Waals surface area contributed by atoms with E-state index in [0.717, 1.165) is 28.5 Å². The fraction of sp³-hybridized carbons (Fsp3) is 0.0909. The molecule has 0 saturated heterocycles. The summed E-state index contributed by atoms with van der Waals surface area (Å²) in [5.74, 6) is -0.447. The Balaban J connectivity index is 2.33. The standard InChI is InChI=1S/C11H8FIN6S/c1-5-8-6(10-15-2-7(12)9(14)18-10)3-19(20-13)11(8)17-4-16-5/h2-4H,1H3,(H2,14,15,18). The molecule has 0 fully saturated rings. The minimum absolute atomic E-state index is 0.174. The van der Waals surface area contributed by atoms with Crippen molar-refractivity contribution in [2.45, 2.75) is 6.92 Å². The summed E-state index contributed by atoms with van der Waals surface area (Å²) in [5.41, 5.74) is 7.81. The van der Waals surface area contributed by atoms with Crippen molar-refractivity contribution in [3.05, 3.63) is 30.2 Å². The van der Waals surface area contributed by atoms with E-state index in [4.69, 9.17) is 5.73 Å². The van der Waals surface area contributed by atoms with Crippen LogP contribution in [-0.2, 0) is 0 Å². The molecule has 2 N–H and O–H groups in total. The molecule has 3 aromatic rings. The van der Waals surface area contributed by atoms with Crippen molar-refractivity contribution in [3.8, 4) is 11.4 Å². The van der Waals surface area contributed by atoms with Crippen molar-refractivity contribution in [1.29, 1.82) is 0 Å². The van der Waals surface area contributed by atoms with E-state index in [-0.39, 0.29) is 5.82 Å². The molecular formula is C11H8FIN6S. The van der Waals surface area contributed by atoms with Crippen LogP contribution in [0.25, 0.3) is 22.4 Å². The van der Waals surface area contributed by atoms with Gasteiger partial charge in [0, 0.05) is 42.1 Å². The molecule has 0 radical (unpaired) electrons. The first kappa shape index (κ1) is 13.5. The zero-order chi connectivity index (χ0) is 14.3. The van der Waals surface area contributed by atoms with Crippen LogP contribution >= 0.6 is 30.3 Å². The van der Waals surface area contributed by atoms with Gasteiger partial charge in [-0.25, -0.2) is 24.3 Å². The van der Waals surface area contributed by atoms with Crippen molar-refractivity contribution in [3.63, 3.8) is 0 Å². The normalized spacial score (nSPS) is 11.2. The minimum atomic E-state index is -0.631. The van der Waals surface area contributed by atoms with Gasteiger partial charge in [0.15, 0.2) is 23.1 Å². The number of halogens is 2. The van der Waals surface area contributed by atoms with Gasteiger partial charge in [0.05, 0.1) is 17.3 Å². The number of fused-ring (bicyclic) bond motifs is 1. The number of nitrogens with two attached hydrogens (primary N) is 1. The van der Waals surface area contributed by atoms with Crippen LogP contribution in [0.3, 0.4) is 0 Å². The number of nitrogen functional groups attached to an aromatic ring is 1. The SMILES string of the molecule is Cc1ncnc2c1c(-c1ncc(F)c(N)n1)cn2SI. The topological polar surface area (TPSA) is 82.5 Å². The summed E-state index contributed by atoms with van der Waals surface area (Å²) < 4.78 is 15.1. The molecule has 0 spiro atoms. The maximum absolute atomic E-state index is 13.2. The van der Waals surface area contributed by atoms with E-state index in [9.17, 15) is 4.39 Å². The second kappa shape index (κ2) is 5.13. The van der Waals surface area contributed by atoms with Crippen LogP contribution in [0.2, 0.25) is 0 Å². The highest BCUT2D eigenvalue weighted by molar-refractivity contribution is 14.2. The van der Waals surface area contributed by atoms with Crippen molar-refractivity contribution < 1.29 is 4.39 Å². The molecule has 20 heavy (non-hydrogen) atoms. The molecule has 9 heteroatoms. The van der Waals surface area contributed by atoms with Gasteiger partial charge < -0.3 is 5.73 Å². The summed E-state index contributed by atoms with van der Waals surface area (Å²) in [4.78, 5) is 16.4. The molecule has 3 heterocycles. The summed E-state index contributed by atoms with van der Waals surface area (Å²) in [6.45, 7) is 1.88. The first-order chi connectivity index (χ1) is 9.61. The minimum Gasteiger partial charge on any atom is -0.381 e. The molecule has 3 aromatic heterocycles. The number of aryl methyl sites for hydroxylation is 1. The Morgan fingerprint density at radius 2 is 2.15 bits per heavy atom. The third-order valence-corrected chi connectivity index (χ3v) is 4.53. The van der Waals surface area contributed by atoms with Gasteiger partial charge in [-0.15, -0.1) is 0 Å². The molecule has 0 aromatic carbocycles. The number of nitrogens with zero attached hydrogens (tertiary/aromatic N) is 5. The maximum Gasteiger partial charge on any atom is 0.183 e. The lowest BCUT2D eigenvalue weighted by molar-refractivity contribution is 0.620. The van der Waals surface area contributed by atoms with Crippen molar-refractivity contribution >= 4 is 47.2 Å². The van der Waals surface area contributed by atoms with Gasteiger partial charge in [-0.3, -0.25) is 3.97 Å². The summed E-state index contributed by atoms with van der Waals surface area (Å²) in [6.07, 6.45) is 4.41. The molecule has 0 aliphatic rings. The molecule has 0 amide bonds. The molecule has 0 bridgehead atoms. The lowest BCUT2D eigenvalue weighted by Gasteiger charge is -2.01. The Hall–Kier alpha value is -1.49. The molecule has 0 aliphatic carbocycles. The molecule has 0 aliphatic heterocycles. The predicted molar refractivity (Wildman–Crippen MR) is 84.7 cm³/mol. The van der Waals surface area contributed by atoms with Crippen LogP contribution in [0.4, 0.5) is 10.2 Å². The summed E-state index contributed by atoms with van der Waals surface area (Å²) >= 11 is 2.15. The van der Waals surface area contributed by atoms with Gasteiger partial charge in [-0.05, 0) is 6.92 Å². The Morgan fingerprint density at radius 3 is 2.85 bits per heavy atom. The van der Waals surface area contributed by atoms with E-state index in [2.05, 4.69) is 41.1 Å². The summed E-state index contributed by atoms with van der Waals surface area (Å²) in [6, 6.07) is 0. The fourth-order valence-corrected chi connectivity index (χ4v) is 3.17. The van der Waals surface area contributed by atoms with E-state index in [0.29, 0.717) is 5.82 Å². The Morgan fingerprint density at radius 1 is 1.35 bits per heavy atom. The van der Waals surface area contributed by atoms with Gasteiger partial charge in [0.2, 0.25) is 0 Å². The number of aromatic nitrogens is 5. The quantitative estimate of drug-likeness (QED) is 0.664. The molecular weight excluding hydrogens is 394 g/mol. The highest BCUT2D eigenvalue weighted by atomic mass is 127. The predicted octanol–water partition coefficient (Wildman–Crippen LogP) is 2.76. The number of rotatable bonds is 2. The van der Waals surface area contributed by atoms with E-state index >= 15 is 0 Å². The van der Waals surface area contributed by atoms with Gasteiger partial charge in [-0.2, -0.15) is 0 Å². The van der Waals surface area contributed by atoms with Crippen LogP contribution in [0.1, 0.15) is 5.69 Å². The highest BCUT2D eigenvalue weighted by Gasteiger charge is 2.17. The highest BCUT2D eigenvalue weighted by Crippen LogP contribution is 2.33. The second-order valence-electron chi connectivity index (χ2n) is 4.02. The van der Waals surface area contributed by atoms with Crippen LogP contribution < -0.4 is 5.73 Å². The first-order valence-electron chi connectivity index (χ1n) is 5.52. The largest absolute Gasteiger partial charge is 0.381 e. The zero-order valence-electron chi connectivity index (χ0n) is 10.2. The summed E-state index contributed by atoms with van der Waals surface area (Å²) in [5, 5.41) is 0.836. The molecule has 102 valence electrons. The Labute approximate surface area is 129 Å². The molecule has 3 rings (SSSR count). The zero-order valence-corrected chi connectivity index (χ0v) is 13.2. The number of hydrogen-bond donors (Lipinski definition) is 1. The molecule has 0 saturated carbocycles. The van der Waals surface area contributed by atoms with Crippen LogP contribution in [0, 0.1) is 12.7 Å². The van der Waals surface area contributed by atoms with Crippen LogP contribution in [0.5, 0.6) is 0 Å². The third-order valence-electron chi connectivity index (χ3n) is 2.83. The van der Waals surface area contributed by atoms with Gasteiger partial charge in [-0.1, -0.05) is 0 Å². The fourth-order valence-electron chi connectivity index (χ4n) is 1.92. The second-order valence-corrected chi connectivity index (χ2v) is 5.74. The monoisotopic (exact) mass is 402 g/mol. The van der Waals surface area contributed by atoms with Crippen LogP contribution in [-0.4, -0.2) is 23.9 Å². The van der Waals surface area contributed by atoms with Crippen molar-refractivity contribution in [2.24, 2.45) is 0 Å². The lowest BCUT2D eigenvalue weighted by atomic mass is 10.2. The maximum atomic E-state index is 13.2. The number of anilines is 1. The summed E-state index contributed by atoms with van der Waals surface area (Å²) in [7, 11) is 1.47. The van der Waals surface area contributed by atoms with Crippen LogP contribution in [0.15, 0.2) is 18.7 Å². The number of hydrogen-bond acceptors (Lipinski definition) is 6. The van der Waals surface area contributed by atoms with Crippen molar-refractivity contribution in [2.75, 3.05) is 5.73 Å². The van der Waals surface area contributed by atoms with E-state index < -0.39 is 5.82 Å². The van der Waals surface area contributed by atoms with Gasteiger partial charge in [0.25, 0.3) is 0 Å². The molecule has 0 unspecified atom stereocenters. The lowest BCUT2D eigenvalue weighted by Crippen LogP contribution is -1.99. The first-order valence-corrected chi connectivity index (χ1v) is 8.83. The van der Waals surface area contributed by atoms with Gasteiger partial charge >= 0.3 is 0 Å². The third kappa shape index (κ3) is 2.10. The Bertz CT molecular complexity index is 805. The average molecular weight is 402 g/mol. The van der Waals surface area contributed by atoms with Crippen molar-refractivity contribution in [1.82, 2.24) is 23.9 Å². The van der Waals surface area contributed by atoms with Gasteiger partial charge in [0.1, 0.15) is 6.33 Å². The van der Waals surface area contributed by atoms with E-state index in [1.165, 1.54) is 15.4 Å². The average Bonchev–Trinajstić information content (AvgIpc) is 2.82. The van der Waals surface area contributed by atoms with E-state index in [1.54, 1.807) is 0 Å². The Kier molecular flexibility index (Phi) is 3.46. The smallest absolute Gasteiger partial charge is 0.183 e.